The lowest BCUT2D eigenvalue weighted by atomic mass is 9.76. The van der Waals surface area contributed by atoms with Crippen molar-refractivity contribution in [2.45, 2.75) is 5.60 Å². The van der Waals surface area contributed by atoms with Crippen LogP contribution in [0.15, 0.2) is 90.0 Å². The molecule has 1 aromatic carbocycles. The van der Waals surface area contributed by atoms with Crippen molar-refractivity contribution in [3.63, 3.8) is 0 Å². The number of hydrogen-bond donors (Lipinski definition) is 1. The van der Waals surface area contributed by atoms with Crippen LogP contribution in [0, 0.1) is 0 Å². The molecule has 1 unspecified atom stereocenters. The quantitative estimate of drug-likeness (QED) is 0.590. The van der Waals surface area contributed by atoms with Crippen molar-refractivity contribution < 1.29 is 23.9 Å². The third-order valence-electron chi connectivity index (χ3n) is 5.75. The van der Waals surface area contributed by atoms with E-state index in [4.69, 9.17) is 9.47 Å². The van der Waals surface area contributed by atoms with E-state index in [0.717, 1.165) is 11.1 Å². The summed E-state index contributed by atoms with van der Waals surface area (Å²) in [6.07, 6.45) is 15.8. The number of aromatic nitrogens is 1. The predicted octanol–water partition coefficient (Wildman–Crippen LogP) is 3.29. The summed E-state index contributed by atoms with van der Waals surface area (Å²) in [7, 11) is 0. The number of ether oxygens (including phenoxy) is 2. The lowest BCUT2D eigenvalue weighted by Gasteiger charge is -2.41. The third kappa shape index (κ3) is 2.54. The molecule has 7 nitrogen and oxygen atoms in total. The van der Waals surface area contributed by atoms with Gasteiger partial charge < -0.3 is 9.47 Å². The van der Waals surface area contributed by atoms with Gasteiger partial charge in [0.25, 0.3) is 11.8 Å². The van der Waals surface area contributed by atoms with E-state index < -0.39 is 23.4 Å². The van der Waals surface area contributed by atoms with Crippen molar-refractivity contribution in [3.8, 4) is 5.75 Å². The van der Waals surface area contributed by atoms with E-state index in [1.165, 1.54) is 6.20 Å². The minimum absolute atomic E-state index is 0.211. The van der Waals surface area contributed by atoms with Gasteiger partial charge in [-0.15, -0.1) is 0 Å². The van der Waals surface area contributed by atoms with Crippen LogP contribution in [0.25, 0.3) is 6.08 Å². The van der Waals surface area contributed by atoms with Crippen LogP contribution < -0.4 is 10.1 Å². The summed E-state index contributed by atoms with van der Waals surface area (Å²) in [6.45, 7) is 0. The second kappa shape index (κ2) is 6.49. The van der Waals surface area contributed by atoms with Crippen LogP contribution in [-0.2, 0) is 4.74 Å². The van der Waals surface area contributed by atoms with Gasteiger partial charge in [-0.25, -0.2) is 4.79 Å². The molecule has 1 atom stereocenters. The predicted molar refractivity (Wildman–Crippen MR) is 114 cm³/mol. The Morgan fingerprint density at radius 2 is 1.97 bits per heavy atom. The molecule has 0 radical (unpaired) electrons. The molecular formula is C25H14N2O5. The largest absolute Gasteiger partial charge is 0.472 e. The van der Waals surface area contributed by atoms with Gasteiger partial charge in [-0.1, -0.05) is 30.4 Å². The fraction of sp³-hybridized carbons (Fsp3) is 0.0400. The van der Waals surface area contributed by atoms with Crippen molar-refractivity contribution in [2.24, 2.45) is 0 Å². The molecule has 0 fully saturated rings. The van der Waals surface area contributed by atoms with Crippen molar-refractivity contribution in [2.75, 3.05) is 0 Å². The average molecular weight is 422 g/mol. The van der Waals surface area contributed by atoms with Gasteiger partial charge in [0.05, 0.1) is 16.7 Å². The molecule has 6 rings (SSSR count). The molecule has 0 saturated carbocycles. The second-order valence-corrected chi connectivity index (χ2v) is 7.62. The molecule has 1 aromatic heterocycles. The summed E-state index contributed by atoms with van der Waals surface area (Å²) in [5, 5.41) is 2.32. The molecule has 32 heavy (non-hydrogen) atoms. The van der Waals surface area contributed by atoms with Gasteiger partial charge in [-0.2, -0.15) is 0 Å². The first-order valence-electron chi connectivity index (χ1n) is 9.91. The Hall–Kier alpha value is -4.52. The summed E-state index contributed by atoms with van der Waals surface area (Å²) in [5.74, 6) is -0.871. The molecule has 4 aliphatic rings. The number of fused-ring (bicyclic) bond motifs is 3. The number of allylic oxidation sites excluding steroid dienone is 3. The summed E-state index contributed by atoms with van der Waals surface area (Å²) in [6, 6.07) is 6.65. The summed E-state index contributed by atoms with van der Waals surface area (Å²) in [5.41, 5.74) is 2.02. The molecule has 2 aliphatic heterocycles. The minimum Gasteiger partial charge on any atom is -0.472 e. The van der Waals surface area contributed by atoms with Gasteiger partial charge in [0, 0.05) is 35.2 Å². The number of imide groups is 1. The van der Waals surface area contributed by atoms with Crippen LogP contribution in [-0.4, -0.2) is 28.4 Å². The molecule has 0 bridgehead atoms. The highest BCUT2D eigenvalue weighted by Gasteiger charge is 2.45. The first-order chi connectivity index (χ1) is 15.5. The number of hydrogen-bond acceptors (Lipinski definition) is 6. The zero-order valence-corrected chi connectivity index (χ0v) is 16.5. The van der Waals surface area contributed by atoms with Crippen LogP contribution in [0.3, 0.4) is 0 Å². The fourth-order valence-electron chi connectivity index (χ4n) is 4.25. The van der Waals surface area contributed by atoms with Crippen molar-refractivity contribution >= 4 is 23.9 Å². The van der Waals surface area contributed by atoms with Crippen LogP contribution in [0.4, 0.5) is 0 Å². The number of pyridine rings is 1. The maximum Gasteiger partial charge on any atom is 0.345 e. The highest BCUT2D eigenvalue weighted by molar-refractivity contribution is 6.23. The van der Waals surface area contributed by atoms with Gasteiger partial charge in [-0.05, 0) is 30.4 Å². The van der Waals surface area contributed by atoms with Crippen molar-refractivity contribution in [1.82, 2.24) is 10.3 Å². The van der Waals surface area contributed by atoms with Crippen molar-refractivity contribution in [1.29, 1.82) is 0 Å². The van der Waals surface area contributed by atoms with Crippen LogP contribution in [0.5, 0.6) is 5.75 Å². The molecule has 1 spiro atoms. The standard InChI is InChI=1S/C25H14N2O5/c28-22-19-9-6-14-11-17-5-1-4-16-7-8-18(31-24(30)15-3-2-10-26-13-15)12-25(16,17)32-21(14)20(19)23(29)27-22/h1-13H,(H,27,28,29). The Morgan fingerprint density at radius 1 is 1.06 bits per heavy atom. The van der Waals surface area contributed by atoms with E-state index in [0.29, 0.717) is 22.6 Å². The number of amides is 2. The molecule has 3 heterocycles. The number of benzene rings is 1. The molecule has 2 amide bonds. The first kappa shape index (κ1) is 18.3. The number of nitrogens with one attached hydrogen (secondary N) is 1. The number of esters is 1. The second-order valence-electron chi connectivity index (χ2n) is 7.62. The van der Waals surface area contributed by atoms with Crippen molar-refractivity contribution in [3.05, 3.63) is 112 Å². The SMILES string of the molecule is O=C(OC1=CC23Oc4c(ccc5c4C(=O)NC5=O)C=C2C=CC=C3C=C1)c1cccnc1. The molecular weight excluding hydrogens is 408 g/mol. The van der Waals surface area contributed by atoms with E-state index in [1.54, 1.807) is 42.6 Å². The molecule has 2 aliphatic carbocycles. The van der Waals surface area contributed by atoms with E-state index in [1.807, 2.05) is 30.4 Å². The fourth-order valence-corrected chi connectivity index (χ4v) is 4.25. The van der Waals surface area contributed by atoms with Gasteiger partial charge >= 0.3 is 5.97 Å². The Bertz CT molecular complexity index is 1390. The van der Waals surface area contributed by atoms with Crippen LogP contribution in [0.2, 0.25) is 0 Å². The van der Waals surface area contributed by atoms with Crippen LogP contribution >= 0.6 is 0 Å². The third-order valence-corrected chi connectivity index (χ3v) is 5.75. The summed E-state index contributed by atoms with van der Waals surface area (Å²) < 4.78 is 12.1. The van der Waals surface area contributed by atoms with Gasteiger partial charge in [-0.3, -0.25) is 19.9 Å². The normalized spacial score (nSPS) is 21.7. The minimum atomic E-state index is -1.10. The zero-order valence-electron chi connectivity index (χ0n) is 16.5. The maximum atomic E-state index is 12.6. The Morgan fingerprint density at radius 3 is 2.81 bits per heavy atom. The Balaban J connectivity index is 1.45. The van der Waals surface area contributed by atoms with E-state index in [-0.39, 0.29) is 11.1 Å². The Kier molecular flexibility index (Phi) is 3.70. The smallest absolute Gasteiger partial charge is 0.345 e. The lowest BCUT2D eigenvalue weighted by molar-refractivity contribution is 0.0627. The molecule has 0 saturated heterocycles. The van der Waals surface area contributed by atoms with Gasteiger partial charge in [0.1, 0.15) is 11.5 Å². The number of rotatable bonds is 2. The monoisotopic (exact) mass is 422 g/mol. The number of carbonyl (C=O) groups is 3. The Labute approximate surface area is 182 Å². The number of carbonyl (C=O) groups excluding carboxylic acids is 3. The summed E-state index contributed by atoms with van der Waals surface area (Å²) >= 11 is 0. The highest BCUT2D eigenvalue weighted by Crippen LogP contribution is 2.48. The van der Waals surface area contributed by atoms with E-state index in [9.17, 15) is 14.4 Å². The molecule has 1 N–H and O–H groups in total. The highest BCUT2D eigenvalue weighted by atomic mass is 16.5. The topological polar surface area (TPSA) is 94.6 Å². The van der Waals surface area contributed by atoms with Gasteiger partial charge in [0.15, 0.2) is 5.60 Å². The molecule has 2 aromatic rings. The molecule has 7 heteroatoms. The van der Waals surface area contributed by atoms with E-state index >= 15 is 0 Å². The first-order valence-corrected chi connectivity index (χ1v) is 9.91. The zero-order chi connectivity index (χ0) is 21.9. The number of nitrogens with zero attached hydrogens (tertiary/aromatic N) is 1. The van der Waals surface area contributed by atoms with E-state index in [2.05, 4.69) is 10.3 Å². The molecule has 154 valence electrons. The maximum absolute atomic E-state index is 12.6. The lowest BCUT2D eigenvalue weighted by Crippen LogP contribution is -2.42. The average Bonchev–Trinajstić information content (AvgIpc) is 3.10. The summed E-state index contributed by atoms with van der Waals surface area (Å²) in [4.78, 5) is 41.1. The van der Waals surface area contributed by atoms with Gasteiger partial charge in [0.2, 0.25) is 0 Å². The van der Waals surface area contributed by atoms with Crippen LogP contribution in [0.1, 0.15) is 36.6 Å².